The van der Waals surface area contributed by atoms with Crippen molar-refractivity contribution in [1.29, 1.82) is 0 Å². The van der Waals surface area contributed by atoms with Crippen LogP contribution in [0.1, 0.15) is 26.0 Å². The Kier molecular flexibility index (Phi) is 6.18. The van der Waals surface area contributed by atoms with Gasteiger partial charge in [-0.25, -0.2) is 4.79 Å². The van der Waals surface area contributed by atoms with Crippen LogP contribution in [0.5, 0.6) is 0 Å². The van der Waals surface area contributed by atoms with Gasteiger partial charge in [0.05, 0.1) is 7.11 Å². The normalized spacial score (nSPS) is 12.0. The van der Waals surface area contributed by atoms with E-state index in [1.165, 1.54) is 7.11 Å². The molecule has 1 aromatic heterocycles. The van der Waals surface area contributed by atoms with Crippen molar-refractivity contribution in [3.05, 3.63) is 48.2 Å². The zero-order valence-corrected chi connectivity index (χ0v) is 14.2. The van der Waals surface area contributed by atoms with Crippen LogP contribution in [0.3, 0.4) is 0 Å². The molecule has 1 heterocycles. The quantitative estimate of drug-likeness (QED) is 0.792. The van der Waals surface area contributed by atoms with Gasteiger partial charge in [-0.05, 0) is 18.1 Å². The van der Waals surface area contributed by atoms with Crippen LogP contribution in [0.2, 0.25) is 0 Å². The predicted molar refractivity (Wildman–Crippen MR) is 91.2 cm³/mol. The van der Waals surface area contributed by atoms with Crippen molar-refractivity contribution in [3.8, 4) is 11.3 Å². The molecule has 1 amide bonds. The second-order valence-corrected chi connectivity index (χ2v) is 5.94. The minimum absolute atomic E-state index is 0.0327. The van der Waals surface area contributed by atoms with E-state index in [9.17, 15) is 9.59 Å². The summed E-state index contributed by atoms with van der Waals surface area (Å²) in [5, 5.41) is 2.72. The molecule has 1 N–H and O–H groups in total. The highest BCUT2D eigenvalue weighted by Crippen LogP contribution is 2.22. The first-order valence-electron chi connectivity index (χ1n) is 8.02. The number of nitrogens with one attached hydrogen (secondary N) is 1. The van der Waals surface area contributed by atoms with Crippen LogP contribution in [-0.4, -0.2) is 25.0 Å². The summed E-state index contributed by atoms with van der Waals surface area (Å²) in [5.74, 6) is 0.859. The van der Waals surface area contributed by atoms with Crippen LogP contribution in [-0.2, 0) is 20.7 Å². The van der Waals surface area contributed by atoms with Gasteiger partial charge >= 0.3 is 5.97 Å². The maximum absolute atomic E-state index is 12.1. The third-order valence-electron chi connectivity index (χ3n) is 3.76. The Bertz CT molecular complexity index is 676. The van der Waals surface area contributed by atoms with Crippen molar-refractivity contribution in [2.75, 3.05) is 7.11 Å². The summed E-state index contributed by atoms with van der Waals surface area (Å²) in [4.78, 5) is 23.7. The fraction of sp³-hybridized carbons (Fsp3) is 0.368. The summed E-state index contributed by atoms with van der Waals surface area (Å²) in [6, 6.07) is 12.9. The molecule has 1 aromatic carbocycles. The zero-order chi connectivity index (χ0) is 17.5. The summed E-state index contributed by atoms with van der Waals surface area (Å²) < 4.78 is 10.5. The van der Waals surface area contributed by atoms with Crippen molar-refractivity contribution in [2.45, 2.75) is 32.7 Å². The van der Waals surface area contributed by atoms with E-state index in [0.717, 1.165) is 17.1 Å². The Hall–Kier alpha value is -2.56. The van der Waals surface area contributed by atoms with Crippen LogP contribution in [0.4, 0.5) is 0 Å². The first-order chi connectivity index (χ1) is 11.5. The number of carbonyl (C=O) groups is 2. The van der Waals surface area contributed by atoms with Crippen molar-refractivity contribution in [2.24, 2.45) is 5.92 Å². The van der Waals surface area contributed by atoms with Gasteiger partial charge in [0.15, 0.2) is 0 Å². The van der Waals surface area contributed by atoms with E-state index in [2.05, 4.69) is 5.32 Å². The molecule has 128 valence electrons. The third-order valence-corrected chi connectivity index (χ3v) is 3.76. The first-order valence-corrected chi connectivity index (χ1v) is 8.02. The Morgan fingerprint density at radius 2 is 1.83 bits per heavy atom. The average Bonchev–Trinajstić information content (AvgIpc) is 3.06. The second-order valence-electron chi connectivity index (χ2n) is 5.94. The van der Waals surface area contributed by atoms with Crippen LogP contribution in [0.25, 0.3) is 11.3 Å². The van der Waals surface area contributed by atoms with Crippen molar-refractivity contribution in [1.82, 2.24) is 5.32 Å². The number of esters is 1. The smallest absolute Gasteiger partial charge is 0.328 e. The van der Waals surface area contributed by atoms with Crippen LogP contribution < -0.4 is 5.32 Å². The van der Waals surface area contributed by atoms with E-state index in [-0.39, 0.29) is 18.2 Å². The topological polar surface area (TPSA) is 68.5 Å². The van der Waals surface area contributed by atoms with E-state index < -0.39 is 12.0 Å². The molecule has 1 unspecified atom stereocenters. The van der Waals surface area contributed by atoms with Crippen molar-refractivity contribution >= 4 is 11.9 Å². The highest BCUT2D eigenvalue weighted by atomic mass is 16.5. The molecule has 5 heteroatoms. The molecule has 2 rings (SSSR count). The Balaban J connectivity index is 1.90. The molecular weight excluding hydrogens is 306 g/mol. The molecule has 2 aromatic rings. The Morgan fingerprint density at radius 3 is 2.46 bits per heavy atom. The highest BCUT2D eigenvalue weighted by molar-refractivity contribution is 5.84. The number of hydrogen-bond acceptors (Lipinski definition) is 4. The maximum atomic E-state index is 12.1. The number of ether oxygens (including phenoxy) is 1. The van der Waals surface area contributed by atoms with Gasteiger partial charge in [-0.3, -0.25) is 4.79 Å². The minimum atomic E-state index is -0.626. The Morgan fingerprint density at radius 1 is 1.12 bits per heavy atom. The lowest BCUT2D eigenvalue weighted by Crippen LogP contribution is -2.45. The zero-order valence-electron chi connectivity index (χ0n) is 14.2. The number of furan rings is 1. The molecule has 0 fully saturated rings. The van der Waals surface area contributed by atoms with E-state index >= 15 is 0 Å². The van der Waals surface area contributed by atoms with E-state index in [1.807, 2.05) is 56.3 Å². The largest absolute Gasteiger partial charge is 0.467 e. The minimum Gasteiger partial charge on any atom is -0.467 e. The fourth-order valence-electron chi connectivity index (χ4n) is 2.38. The van der Waals surface area contributed by atoms with E-state index in [0.29, 0.717) is 6.42 Å². The van der Waals surface area contributed by atoms with Gasteiger partial charge in [-0.15, -0.1) is 0 Å². The van der Waals surface area contributed by atoms with Crippen molar-refractivity contribution < 1.29 is 18.7 Å². The molecule has 0 aliphatic rings. The van der Waals surface area contributed by atoms with Crippen LogP contribution in [0.15, 0.2) is 46.9 Å². The Labute approximate surface area is 142 Å². The van der Waals surface area contributed by atoms with E-state index in [1.54, 1.807) is 0 Å². The van der Waals surface area contributed by atoms with Gasteiger partial charge in [-0.2, -0.15) is 0 Å². The molecule has 24 heavy (non-hydrogen) atoms. The SMILES string of the molecule is COC(=O)C(NC(=O)CCc1ccc(-c2ccccc2)o1)C(C)C. The van der Waals surface area contributed by atoms with Gasteiger partial charge in [0, 0.05) is 18.4 Å². The van der Waals surface area contributed by atoms with Gasteiger partial charge in [0.1, 0.15) is 17.6 Å². The molecule has 0 bridgehead atoms. The molecule has 0 spiro atoms. The average molecular weight is 329 g/mol. The van der Waals surface area contributed by atoms with Crippen LogP contribution in [0, 0.1) is 5.92 Å². The molecule has 0 saturated carbocycles. The fourth-order valence-corrected chi connectivity index (χ4v) is 2.38. The van der Waals surface area contributed by atoms with Gasteiger partial charge in [0.2, 0.25) is 5.91 Å². The van der Waals surface area contributed by atoms with Crippen molar-refractivity contribution in [3.63, 3.8) is 0 Å². The second kappa shape index (κ2) is 8.34. The number of amides is 1. The number of rotatable bonds is 7. The lowest BCUT2D eigenvalue weighted by molar-refractivity contribution is -0.146. The molecular formula is C19H23NO4. The molecule has 0 aliphatic carbocycles. The monoisotopic (exact) mass is 329 g/mol. The maximum Gasteiger partial charge on any atom is 0.328 e. The first kappa shape index (κ1) is 17.8. The summed E-state index contributed by atoms with van der Waals surface area (Å²) in [6.45, 7) is 3.72. The molecule has 0 radical (unpaired) electrons. The predicted octanol–water partition coefficient (Wildman–Crippen LogP) is 3.19. The molecule has 0 saturated heterocycles. The van der Waals surface area contributed by atoms with E-state index in [4.69, 9.17) is 9.15 Å². The third kappa shape index (κ3) is 4.72. The highest BCUT2D eigenvalue weighted by Gasteiger charge is 2.24. The summed E-state index contributed by atoms with van der Waals surface area (Å²) >= 11 is 0. The molecule has 5 nitrogen and oxygen atoms in total. The number of carbonyl (C=O) groups excluding carboxylic acids is 2. The summed E-state index contributed by atoms with van der Waals surface area (Å²) in [7, 11) is 1.32. The standard InChI is InChI=1S/C19H23NO4/c1-13(2)18(19(22)23-3)20-17(21)12-10-15-9-11-16(24-15)14-7-5-4-6-8-14/h4-9,11,13,18H,10,12H2,1-3H3,(H,20,21). The molecule has 1 atom stereocenters. The van der Waals surface area contributed by atoms with Gasteiger partial charge in [0.25, 0.3) is 0 Å². The summed E-state index contributed by atoms with van der Waals surface area (Å²) in [6.07, 6.45) is 0.729. The number of hydrogen-bond donors (Lipinski definition) is 1. The van der Waals surface area contributed by atoms with Gasteiger partial charge < -0.3 is 14.5 Å². The molecule has 0 aliphatic heterocycles. The van der Waals surface area contributed by atoms with Crippen LogP contribution >= 0.6 is 0 Å². The number of methoxy groups -OCH3 is 1. The summed E-state index contributed by atoms with van der Waals surface area (Å²) in [5.41, 5.74) is 0.999. The number of benzene rings is 1. The lowest BCUT2D eigenvalue weighted by atomic mass is 10.0. The lowest BCUT2D eigenvalue weighted by Gasteiger charge is -2.19. The van der Waals surface area contributed by atoms with Gasteiger partial charge in [-0.1, -0.05) is 44.2 Å². The number of aryl methyl sites for hydroxylation is 1.